The fourth-order valence-corrected chi connectivity index (χ4v) is 6.45. The first-order chi connectivity index (χ1) is 14.1. The molecule has 1 aromatic carbocycles. The molecule has 0 saturated heterocycles. The lowest BCUT2D eigenvalue weighted by Crippen LogP contribution is -2.34. The van der Waals surface area contributed by atoms with Gasteiger partial charge < -0.3 is 4.74 Å². The molecule has 2 saturated carbocycles. The van der Waals surface area contributed by atoms with Gasteiger partial charge in [0.15, 0.2) is 11.6 Å². The summed E-state index contributed by atoms with van der Waals surface area (Å²) in [4.78, 5) is 0. The molecular formula is C26H38F2O. The Morgan fingerprint density at radius 1 is 0.931 bits per heavy atom. The maximum Gasteiger partial charge on any atom is 0.162 e. The van der Waals surface area contributed by atoms with E-state index in [0.717, 1.165) is 82.8 Å². The zero-order valence-corrected chi connectivity index (χ0v) is 18.3. The lowest BCUT2D eigenvalue weighted by atomic mass is 9.65. The van der Waals surface area contributed by atoms with Crippen LogP contribution in [-0.4, -0.2) is 12.7 Å². The fourth-order valence-electron chi connectivity index (χ4n) is 6.45. The van der Waals surface area contributed by atoms with Gasteiger partial charge in [-0.2, -0.15) is 0 Å². The molecule has 0 bridgehead atoms. The van der Waals surface area contributed by atoms with Crippen LogP contribution in [0.15, 0.2) is 6.07 Å². The maximum absolute atomic E-state index is 15.1. The van der Waals surface area contributed by atoms with E-state index in [2.05, 4.69) is 19.9 Å². The van der Waals surface area contributed by atoms with Gasteiger partial charge in [-0.25, -0.2) is 8.78 Å². The van der Waals surface area contributed by atoms with Crippen LogP contribution in [0.5, 0.6) is 0 Å². The highest BCUT2D eigenvalue weighted by atomic mass is 19.2. The minimum absolute atomic E-state index is 0.192. The number of benzene rings is 1. The Morgan fingerprint density at radius 3 is 2.52 bits per heavy atom. The molecule has 0 aromatic heterocycles. The van der Waals surface area contributed by atoms with Crippen LogP contribution in [0.1, 0.15) is 101 Å². The van der Waals surface area contributed by atoms with Crippen LogP contribution in [0.2, 0.25) is 0 Å². The summed E-state index contributed by atoms with van der Waals surface area (Å²) in [5.41, 5.74) is 2.45. The second-order valence-corrected chi connectivity index (χ2v) is 9.96. The van der Waals surface area contributed by atoms with E-state index in [9.17, 15) is 0 Å². The Labute approximate surface area is 175 Å². The number of fused-ring (bicyclic) bond motifs is 2. The van der Waals surface area contributed by atoms with Gasteiger partial charge in [-0.15, -0.1) is 0 Å². The molecular weight excluding hydrogens is 366 g/mol. The minimum Gasteiger partial charge on any atom is -0.378 e. The van der Waals surface area contributed by atoms with Crippen molar-refractivity contribution in [2.75, 3.05) is 6.61 Å². The summed E-state index contributed by atoms with van der Waals surface area (Å²) < 4.78 is 36.1. The third-order valence-corrected chi connectivity index (χ3v) is 8.00. The molecule has 3 aliphatic carbocycles. The minimum atomic E-state index is -0.538. The van der Waals surface area contributed by atoms with E-state index in [4.69, 9.17) is 4.74 Å². The van der Waals surface area contributed by atoms with Gasteiger partial charge in [-0.1, -0.05) is 32.8 Å². The third kappa shape index (κ3) is 4.55. The summed E-state index contributed by atoms with van der Waals surface area (Å²) in [6, 6.07) is 2.05. The average Bonchev–Trinajstić information content (AvgIpc) is 2.75. The fraction of sp³-hybridized carbons (Fsp3) is 0.769. The van der Waals surface area contributed by atoms with Gasteiger partial charge in [-0.05, 0) is 105 Å². The molecule has 5 unspecified atom stereocenters. The van der Waals surface area contributed by atoms with Crippen LogP contribution < -0.4 is 0 Å². The van der Waals surface area contributed by atoms with Crippen LogP contribution in [0, 0.1) is 29.4 Å². The number of hydrogen-bond donors (Lipinski definition) is 0. The van der Waals surface area contributed by atoms with Crippen molar-refractivity contribution >= 4 is 0 Å². The monoisotopic (exact) mass is 404 g/mol. The summed E-state index contributed by atoms with van der Waals surface area (Å²) in [6.45, 7) is 5.20. The number of ether oxygens (including phenoxy) is 1. The van der Waals surface area contributed by atoms with Crippen LogP contribution in [0.4, 0.5) is 8.78 Å². The van der Waals surface area contributed by atoms with Gasteiger partial charge in [0.25, 0.3) is 0 Å². The molecule has 0 radical (unpaired) electrons. The van der Waals surface area contributed by atoms with Crippen LogP contribution in [0.25, 0.3) is 0 Å². The normalized spacial score (nSPS) is 31.9. The molecule has 0 N–H and O–H groups in total. The number of rotatable bonds is 6. The second-order valence-electron chi connectivity index (χ2n) is 9.96. The van der Waals surface area contributed by atoms with Crippen molar-refractivity contribution in [3.8, 4) is 0 Å². The molecule has 0 aliphatic heterocycles. The highest BCUT2D eigenvalue weighted by molar-refractivity contribution is 5.38. The summed E-state index contributed by atoms with van der Waals surface area (Å²) >= 11 is 0. The predicted molar refractivity (Wildman–Crippen MR) is 114 cm³/mol. The molecule has 3 heteroatoms. The first kappa shape index (κ1) is 21.3. The highest BCUT2D eigenvalue weighted by Gasteiger charge is 2.38. The number of aryl methyl sites for hydroxylation is 1. The average molecular weight is 405 g/mol. The zero-order valence-electron chi connectivity index (χ0n) is 18.3. The second kappa shape index (κ2) is 9.45. The van der Waals surface area contributed by atoms with E-state index < -0.39 is 11.6 Å². The molecule has 1 aromatic rings. The van der Waals surface area contributed by atoms with Crippen LogP contribution >= 0.6 is 0 Å². The van der Waals surface area contributed by atoms with E-state index in [-0.39, 0.29) is 5.92 Å². The van der Waals surface area contributed by atoms with Crippen molar-refractivity contribution in [1.29, 1.82) is 0 Å². The molecule has 5 atom stereocenters. The molecule has 0 amide bonds. The van der Waals surface area contributed by atoms with Crippen molar-refractivity contribution in [2.24, 2.45) is 17.8 Å². The summed E-state index contributed by atoms with van der Waals surface area (Å²) in [5.74, 6) is 1.01. The van der Waals surface area contributed by atoms with Gasteiger partial charge in [0, 0.05) is 6.61 Å². The molecule has 1 nitrogen and oxygen atoms in total. The largest absolute Gasteiger partial charge is 0.378 e. The first-order valence-electron chi connectivity index (χ1n) is 12.2. The van der Waals surface area contributed by atoms with Gasteiger partial charge in [0.1, 0.15) is 0 Å². The summed E-state index contributed by atoms with van der Waals surface area (Å²) in [5, 5.41) is 0. The standard InChI is InChI=1S/C26H38F2O/c1-3-5-17-6-7-21-16-24(26(28)25(27)23(21)13-17)20-9-8-19-15-22(29-12-4-2)11-10-18(19)14-20/h16-20,22H,3-15H2,1-2H3. The van der Waals surface area contributed by atoms with E-state index in [0.29, 0.717) is 35.0 Å². The molecule has 0 spiro atoms. The Balaban J connectivity index is 1.46. The van der Waals surface area contributed by atoms with E-state index in [1.54, 1.807) is 0 Å². The topological polar surface area (TPSA) is 9.23 Å². The van der Waals surface area contributed by atoms with Gasteiger partial charge >= 0.3 is 0 Å². The third-order valence-electron chi connectivity index (χ3n) is 8.00. The Hall–Kier alpha value is -0.960. The molecule has 162 valence electrons. The zero-order chi connectivity index (χ0) is 20.4. The molecule has 29 heavy (non-hydrogen) atoms. The molecule has 4 rings (SSSR count). The van der Waals surface area contributed by atoms with Gasteiger partial charge in [0.2, 0.25) is 0 Å². The SMILES string of the molecule is CCCOC1CCC2CC(c3cc4c(c(F)c3F)CC(CCC)CC4)CCC2C1. The van der Waals surface area contributed by atoms with Crippen molar-refractivity contribution in [3.63, 3.8) is 0 Å². The molecule has 3 aliphatic rings. The Bertz CT molecular complexity index is 700. The van der Waals surface area contributed by atoms with E-state index in [1.165, 1.54) is 6.42 Å². The number of hydrogen-bond acceptors (Lipinski definition) is 1. The lowest BCUT2D eigenvalue weighted by molar-refractivity contribution is -0.0149. The Kier molecular flexibility index (Phi) is 6.94. The van der Waals surface area contributed by atoms with Crippen molar-refractivity contribution in [3.05, 3.63) is 34.4 Å². The molecule has 2 fully saturated rings. The van der Waals surface area contributed by atoms with Crippen LogP contribution in [0.3, 0.4) is 0 Å². The van der Waals surface area contributed by atoms with Gasteiger partial charge in [-0.3, -0.25) is 0 Å². The molecule has 0 heterocycles. The maximum atomic E-state index is 15.1. The number of halogens is 2. The van der Waals surface area contributed by atoms with E-state index in [1.807, 2.05) is 0 Å². The Morgan fingerprint density at radius 2 is 1.72 bits per heavy atom. The quantitative estimate of drug-likeness (QED) is 0.481. The lowest BCUT2D eigenvalue weighted by Gasteiger charge is -2.42. The van der Waals surface area contributed by atoms with E-state index >= 15 is 8.78 Å². The van der Waals surface area contributed by atoms with Crippen molar-refractivity contribution in [1.82, 2.24) is 0 Å². The van der Waals surface area contributed by atoms with Crippen molar-refractivity contribution in [2.45, 2.75) is 103 Å². The smallest absolute Gasteiger partial charge is 0.162 e. The summed E-state index contributed by atoms with van der Waals surface area (Å²) in [6.07, 6.45) is 13.1. The van der Waals surface area contributed by atoms with Gasteiger partial charge in [0.05, 0.1) is 6.10 Å². The summed E-state index contributed by atoms with van der Waals surface area (Å²) in [7, 11) is 0. The van der Waals surface area contributed by atoms with Crippen molar-refractivity contribution < 1.29 is 13.5 Å². The first-order valence-corrected chi connectivity index (χ1v) is 12.2. The highest BCUT2D eigenvalue weighted by Crippen LogP contribution is 2.48. The van der Waals surface area contributed by atoms with Crippen LogP contribution in [-0.2, 0) is 17.6 Å². The predicted octanol–water partition coefficient (Wildman–Crippen LogP) is 7.35.